The first-order chi connectivity index (χ1) is 17.8. The SMILES string of the molecule is CC(C)[C@H](NC(=O)[C@H](C)N(C)C(=O)O)C(=O)N1CCc2cc(Cl)ccc2C1C(=O)Nc1c(F)cccc1F. The molecule has 3 atom stereocenters. The fourth-order valence-corrected chi connectivity index (χ4v) is 4.43. The summed E-state index contributed by atoms with van der Waals surface area (Å²) < 4.78 is 28.6. The van der Waals surface area contributed by atoms with Crippen molar-refractivity contribution in [1.82, 2.24) is 15.1 Å². The fraction of sp³-hybridized carbons (Fsp3) is 0.385. The first kappa shape index (κ1) is 28.8. The molecule has 0 bridgehead atoms. The molecule has 0 spiro atoms. The average Bonchev–Trinajstić information content (AvgIpc) is 2.86. The Morgan fingerprint density at radius 3 is 2.32 bits per heavy atom. The number of hydrogen-bond donors (Lipinski definition) is 3. The molecule has 9 nitrogen and oxygen atoms in total. The quantitative estimate of drug-likeness (QED) is 0.484. The van der Waals surface area contributed by atoms with Gasteiger partial charge in [0.05, 0.1) is 0 Å². The Labute approximate surface area is 223 Å². The molecule has 0 fully saturated rings. The Balaban J connectivity index is 1.97. The summed E-state index contributed by atoms with van der Waals surface area (Å²) in [6.07, 6.45) is -0.973. The molecule has 0 saturated heterocycles. The maximum Gasteiger partial charge on any atom is 0.407 e. The molecule has 0 radical (unpaired) electrons. The number of para-hydroxylation sites is 1. The molecule has 2 aromatic rings. The van der Waals surface area contributed by atoms with Crippen LogP contribution in [-0.2, 0) is 20.8 Å². The Morgan fingerprint density at radius 2 is 1.74 bits per heavy atom. The van der Waals surface area contributed by atoms with Gasteiger partial charge in [0, 0.05) is 18.6 Å². The predicted molar refractivity (Wildman–Crippen MR) is 137 cm³/mol. The van der Waals surface area contributed by atoms with Crippen LogP contribution in [0.25, 0.3) is 0 Å². The van der Waals surface area contributed by atoms with Crippen molar-refractivity contribution in [2.45, 2.75) is 45.3 Å². The lowest BCUT2D eigenvalue weighted by Gasteiger charge is -2.39. The molecule has 38 heavy (non-hydrogen) atoms. The van der Waals surface area contributed by atoms with Crippen molar-refractivity contribution in [2.75, 3.05) is 18.9 Å². The first-order valence-corrected chi connectivity index (χ1v) is 12.3. The van der Waals surface area contributed by atoms with Crippen LogP contribution in [0.5, 0.6) is 0 Å². The number of likely N-dealkylation sites (N-methyl/N-ethyl adjacent to an activating group) is 1. The third-order valence-electron chi connectivity index (χ3n) is 6.57. The minimum Gasteiger partial charge on any atom is -0.465 e. The van der Waals surface area contributed by atoms with Crippen LogP contribution in [0.4, 0.5) is 19.3 Å². The zero-order valence-corrected chi connectivity index (χ0v) is 22.1. The van der Waals surface area contributed by atoms with E-state index in [1.807, 2.05) is 0 Å². The highest BCUT2D eigenvalue weighted by molar-refractivity contribution is 6.30. The second kappa shape index (κ2) is 11.8. The largest absolute Gasteiger partial charge is 0.465 e. The van der Waals surface area contributed by atoms with Crippen molar-refractivity contribution in [2.24, 2.45) is 5.92 Å². The molecule has 0 aliphatic carbocycles. The zero-order chi connectivity index (χ0) is 28.3. The van der Waals surface area contributed by atoms with Crippen molar-refractivity contribution >= 4 is 41.1 Å². The summed E-state index contributed by atoms with van der Waals surface area (Å²) in [6, 6.07) is 4.46. The summed E-state index contributed by atoms with van der Waals surface area (Å²) in [5.41, 5.74) is 0.471. The standard InChI is InChI=1S/C26H29ClF2N4O5/c1-13(2)20(30-23(34)14(3)32(4)26(37)38)25(36)33-11-10-15-12-16(27)8-9-17(15)22(33)24(35)31-21-18(28)6-5-7-19(21)29/h5-9,12-14,20,22H,10-11H2,1-4H3,(H,30,34)(H,31,35)(H,37,38)/t14-,20-,22?/m0/s1. The van der Waals surface area contributed by atoms with Crippen LogP contribution in [0.1, 0.15) is 37.9 Å². The number of carboxylic acid groups (broad SMARTS) is 1. The summed E-state index contributed by atoms with van der Waals surface area (Å²) >= 11 is 6.13. The Kier molecular flexibility index (Phi) is 8.93. The van der Waals surface area contributed by atoms with Crippen LogP contribution < -0.4 is 10.6 Å². The second-order valence-electron chi connectivity index (χ2n) is 9.41. The number of rotatable bonds is 7. The number of carbonyl (C=O) groups is 4. The molecule has 4 amide bonds. The smallest absolute Gasteiger partial charge is 0.407 e. The molecule has 2 aromatic carbocycles. The predicted octanol–water partition coefficient (Wildman–Crippen LogP) is 3.82. The van der Waals surface area contributed by atoms with E-state index in [0.717, 1.165) is 23.1 Å². The van der Waals surface area contributed by atoms with E-state index in [2.05, 4.69) is 10.6 Å². The summed E-state index contributed by atoms with van der Waals surface area (Å²) in [4.78, 5) is 53.4. The third-order valence-corrected chi connectivity index (χ3v) is 6.80. The Bertz CT molecular complexity index is 1240. The summed E-state index contributed by atoms with van der Waals surface area (Å²) in [5.74, 6) is -4.54. The van der Waals surface area contributed by atoms with E-state index in [1.54, 1.807) is 32.0 Å². The van der Waals surface area contributed by atoms with Gasteiger partial charge in [-0.15, -0.1) is 0 Å². The molecular weight excluding hydrogens is 522 g/mol. The zero-order valence-electron chi connectivity index (χ0n) is 21.3. The van der Waals surface area contributed by atoms with Gasteiger partial charge in [-0.2, -0.15) is 0 Å². The van der Waals surface area contributed by atoms with Crippen molar-refractivity contribution in [3.05, 3.63) is 64.2 Å². The highest BCUT2D eigenvalue weighted by Crippen LogP contribution is 2.34. The van der Waals surface area contributed by atoms with E-state index in [1.165, 1.54) is 18.9 Å². The van der Waals surface area contributed by atoms with Crippen molar-refractivity contribution in [1.29, 1.82) is 0 Å². The number of benzene rings is 2. The van der Waals surface area contributed by atoms with Gasteiger partial charge in [-0.05, 0) is 54.7 Å². The number of anilines is 1. The lowest BCUT2D eigenvalue weighted by molar-refractivity contribution is -0.144. The summed E-state index contributed by atoms with van der Waals surface area (Å²) in [7, 11) is 1.23. The van der Waals surface area contributed by atoms with E-state index in [0.29, 0.717) is 22.6 Å². The molecule has 0 aromatic heterocycles. The van der Waals surface area contributed by atoms with Gasteiger partial charge >= 0.3 is 6.09 Å². The first-order valence-electron chi connectivity index (χ1n) is 11.9. The van der Waals surface area contributed by atoms with Gasteiger partial charge in [0.25, 0.3) is 5.91 Å². The molecule has 204 valence electrons. The normalized spacial score (nSPS) is 16.3. The topological polar surface area (TPSA) is 119 Å². The van der Waals surface area contributed by atoms with Crippen molar-refractivity contribution < 1.29 is 33.1 Å². The van der Waals surface area contributed by atoms with Gasteiger partial charge < -0.3 is 20.6 Å². The van der Waals surface area contributed by atoms with E-state index < -0.39 is 65.2 Å². The van der Waals surface area contributed by atoms with E-state index in [-0.39, 0.29) is 6.54 Å². The lowest BCUT2D eigenvalue weighted by atomic mass is 9.90. The highest BCUT2D eigenvalue weighted by Gasteiger charge is 2.41. The van der Waals surface area contributed by atoms with Crippen molar-refractivity contribution in [3.63, 3.8) is 0 Å². The minimum atomic E-state index is -1.32. The molecule has 1 heterocycles. The van der Waals surface area contributed by atoms with Gasteiger partial charge in [0.15, 0.2) is 0 Å². The van der Waals surface area contributed by atoms with Crippen LogP contribution in [0.3, 0.4) is 0 Å². The van der Waals surface area contributed by atoms with E-state index in [9.17, 15) is 33.1 Å². The van der Waals surface area contributed by atoms with Crippen LogP contribution in [0.15, 0.2) is 36.4 Å². The Hall–Kier alpha value is -3.73. The molecule has 1 aliphatic rings. The monoisotopic (exact) mass is 550 g/mol. The number of hydrogen-bond acceptors (Lipinski definition) is 4. The van der Waals surface area contributed by atoms with Crippen LogP contribution in [-0.4, -0.2) is 64.4 Å². The van der Waals surface area contributed by atoms with Gasteiger partial charge in [0.2, 0.25) is 11.8 Å². The average molecular weight is 551 g/mol. The molecule has 1 aliphatic heterocycles. The van der Waals surface area contributed by atoms with Gasteiger partial charge in [-0.3, -0.25) is 19.3 Å². The lowest BCUT2D eigenvalue weighted by Crippen LogP contribution is -2.57. The third kappa shape index (κ3) is 6.04. The number of fused-ring (bicyclic) bond motifs is 1. The van der Waals surface area contributed by atoms with Gasteiger partial charge in [-0.25, -0.2) is 13.6 Å². The second-order valence-corrected chi connectivity index (χ2v) is 9.85. The molecule has 12 heteroatoms. The maximum absolute atomic E-state index is 14.3. The molecule has 3 rings (SSSR count). The maximum atomic E-state index is 14.3. The van der Waals surface area contributed by atoms with Gasteiger partial charge in [0.1, 0.15) is 35.4 Å². The van der Waals surface area contributed by atoms with Gasteiger partial charge in [-0.1, -0.05) is 37.6 Å². The van der Waals surface area contributed by atoms with Crippen LogP contribution >= 0.6 is 11.6 Å². The molecular formula is C26H29ClF2N4O5. The van der Waals surface area contributed by atoms with Crippen LogP contribution in [0, 0.1) is 17.6 Å². The van der Waals surface area contributed by atoms with E-state index in [4.69, 9.17) is 11.6 Å². The number of halogens is 3. The summed E-state index contributed by atoms with van der Waals surface area (Å²) in [6.45, 7) is 4.82. The number of nitrogens with one attached hydrogen (secondary N) is 2. The Morgan fingerprint density at radius 1 is 1.11 bits per heavy atom. The minimum absolute atomic E-state index is 0.0632. The molecule has 0 saturated carbocycles. The van der Waals surface area contributed by atoms with E-state index >= 15 is 0 Å². The van der Waals surface area contributed by atoms with Crippen LogP contribution in [0.2, 0.25) is 5.02 Å². The highest BCUT2D eigenvalue weighted by atomic mass is 35.5. The molecule has 3 N–H and O–H groups in total. The fourth-order valence-electron chi connectivity index (χ4n) is 4.23. The summed E-state index contributed by atoms with van der Waals surface area (Å²) in [5, 5.41) is 14.5. The number of nitrogens with zero attached hydrogens (tertiary/aromatic N) is 2. The molecule has 1 unspecified atom stereocenters. The number of carbonyl (C=O) groups excluding carboxylic acids is 3. The van der Waals surface area contributed by atoms with Crippen molar-refractivity contribution in [3.8, 4) is 0 Å². The number of amides is 4.